The van der Waals surface area contributed by atoms with E-state index in [0.717, 1.165) is 28.0 Å². The Labute approximate surface area is 173 Å². The van der Waals surface area contributed by atoms with Gasteiger partial charge >= 0.3 is 0 Å². The summed E-state index contributed by atoms with van der Waals surface area (Å²) in [6.07, 6.45) is 1.80. The van der Waals surface area contributed by atoms with Crippen LogP contribution in [0.15, 0.2) is 60.1 Å². The zero-order chi connectivity index (χ0) is 20.4. The molecule has 2 aromatic heterocycles. The molecular weight excluding hydrogens is 382 g/mol. The van der Waals surface area contributed by atoms with Gasteiger partial charge in [-0.3, -0.25) is 9.48 Å². The lowest BCUT2D eigenvalue weighted by Gasteiger charge is -2.13. The minimum absolute atomic E-state index is 0.0808. The average molecular weight is 406 g/mol. The molecule has 29 heavy (non-hydrogen) atoms. The van der Waals surface area contributed by atoms with Gasteiger partial charge in [0.15, 0.2) is 0 Å². The smallest absolute Gasteiger partial charge is 0.261 e. The van der Waals surface area contributed by atoms with Crippen molar-refractivity contribution in [3.05, 3.63) is 81.8 Å². The summed E-state index contributed by atoms with van der Waals surface area (Å²) >= 11 is 1.43. The van der Waals surface area contributed by atoms with E-state index in [1.807, 2.05) is 61.3 Å². The summed E-state index contributed by atoms with van der Waals surface area (Å²) in [7, 11) is 1.90. The second-order valence-corrected chi connectivity index (χ2v) is 8.03. The van der Waals surface area contributed by atoms with Crippen molar-refractivity contribution in [1.29, 1.82) is 0 Å². The number of fused-ring (bicyclic) bond motifs is 1. The Hall–Kier alpha value is -3.12. The van der Waals surface area contributed by atoms with Crippen LogP contribution in [0.5, 0.6) is 5.75 Å². The lowest BCUT2D eigenvalue weighted by atomic mass is 10.1. The molecule has 0 aliphatic rings. The van der Waals surface area contributed by atoms with E-state index in [0.29, 0.717) is 11.5 Å². The Morgan fingerprint density at radius 3 is 2.76 bits per heavy atom. The molecule has 4 aromatic rings. The van der Waals surface area contributed by atoms with Crippen LogP contribution in [0.25, 0.3) is 10.8 Å². The second-order valence-electron chi connectivity index (χ2n) is 7.12. The first-order valence-corrected chi connectivity index (χ1v) is 10.4. The number of hydrogen-bond donors (Lipinski definition) is 1. The zero-order valence-electron chi connectivity index (χ0n) is 16.7. The van der Waals surface area contributed by atoms with Crippen molar-refractivity contribution >= 4 is 28.0 Å². The van der Waals surface area contributed by atoms with Crippen molar-refractivity contribution in [2.24, 2.45) is 7.05 Å². The van der Waals surface area contributed by atoms with E-state index in [9.17, 15) is 4.79 Å². The maximum Gasteiger partial charge on any atom is 0.261 e. The van der Waals surface area contributed by atoms with Crippen LogP contribution in [0.2, 0.25) is 0 Å². The number of ether oxygens (including phenoxy) is 1. The van der Waals surface area contributed by atoms with E-state index < -0.39 is 0 Å². The summed E-state index contributed by atoms with van der Waals surface area (Å²) in [5.41, 5.74) is 3.06. The molecule has 1 N–H and O–H groups in total. The van der Waals surface area contributed by atoms with Crippen LogP contribution in [-0.2, 0) is 13.7 Å². The Bertz CT molecular complexity index is 1160. The molecular formula is C23H23N3O2S. The van der Waals surface area contributed by atoms with E-state index in [-0.39, 0.29) is 11.9 Å². The number of carbonyl (C=O) groups excluding carboxylic acids is 1. The van der Waals surface area contributed by atoms with E-state index in [1.54, 1.807) is 6.20 Å². The lowest BCUT2D eigenvalue weighted by molar-refractivity contribution is 0.0944. The first-order valence-electron chi connectivity index (χ1n) is 9.49. The van der Waals surface area contributed by atoms with Gasteiger partial charge in [0.1, 0.15) is 12.4 Å². The Morgan fingerprint density at radius 1 is 1.21 bits per heavy atom. The molecule has 148 valence electrons. The highest BCUT2D eigenvalue weighted by Crippen LogP contribution is 2.23. The van der Waals surface area contributed by atoms with Crippen molar-refractivity contribution in [3.63, 3.8) is 0 Å². The number of carbonyl (C=O) groups is 1. The quantitative estimate of drug-likeness (QED) is 0.490. The van der Waals surface area contributed by atoms with E-state index in [4.69, 9.17) is 4.74 Å². The largest absolute Gasteiger partial charge is 0.489 e. The summed E-state index contributed by atoms with van der Waals surface area (Å²) in [6, 6.07) is 16.0. The first kappa shape index (κ1) is 19.2. The molecule has 2 heterocycles. The van der Waals surface area contributed by atoms with Crippen LogP contribution >= 0.6 is 11.3 Å². The zero-order valence-corrected chi connectivity index (χ0v) is 17.5. The Kier molecular flexibility index (Phi) is 5.36. The Balaban J connectivity index is 1.38. The fraction of sp³-hybridized carbons (Fsp3) is 0.217. The molecule has 0 fully saturated rings. The molecule has 1 atom stereocenters. The summed E-state index contributed by atoms with van der Waals surface area (Å²) in [4.78, 5) is 13.3. The third kappa shape index (κ3) is 4.17. The SMILES string of the molecule is Cc1c(C(C)NC(=O)c2cc(COc3ccc4ccccc4c3)cs2)cnn1C. The normalized spacial score (nSPS) is 12.1. The van der Waals surface area contributed by atoms with Gasteiger partial charge in [0, 0.05) is 23.9 Å². The van der Waals surface area contributed by atoms with Crippen molar-refractivity contribution in [1.82, 2.24) is 15.1 Å². The average Bonchev–Trinajstić information content (AvgIpc) is 3.33. The molecule has 0 bridgehead atoms. The van der Waals surface area contributed by atoms with Crippen LogP contribution < -0.4 is 10.1 Å². The van der Waals surface area contributed by atoms with Gasteiger partial charge in [-0.2, -0.15) is 5.10 Å². The predicted octanol–water partition coefficient (Wildman–Crippen LogP) is 5.01. The molecule has 5 nitrogen and oxygen atoms in total. The molecule has 4 rings (SSSR count). The number of thiophene rings is 1. The molecule has 0 radical (unpaired) electrons. The number of amides is 1. The van der Waals surface area contributed by atoms with E-state index in [2.05, 4.69) is 28.6 Å². The van der Waals surface area contributed by atoms with Crippen LogP contribution in [0.3, 0.4) is 0 Å². The van der Waals surface area contributed by atoms with Crippen LogP contribution in [0.1, 0.15) is 39.5 Å². The standard InChI is InChI=1S/C23H23N3O2S/c1-15(21-12-24-26(3)16(21)2)25-23(27)22-10-17(14-29-22)13-28-20-9-8-18-6-4-5-7-19(18)11-20/h4-12,14-15H,13H2,1-3H3,(H,25,27). The maximum absolute atomic E-state index is 12.6. The lowest BCUT2D eigenvalue weighted by Crippen LogP contribution is -2.26. The summed E-state index contributed by atoms with van der Waals surface area (Å²) in [6.45, 7) is 4.40. The monoisotopic (exact) mass is 405 g/mol. The van der Waals surface area contributed by atoms with Crippen molar-refractivity contribution in [3.8, 4) is 5.75 Å². The number of rotatable bonds is 6. The fourth-order valence-corrected chi connectivity index (χ4v) is 4.08. The Morgan fingerprint density at radius 2 is 2.00 bits per heavy atom. The molecule has 1 unspecified atom stereocenters. The van der Waals surface area contributed by atoms with E-state index >= 15 is 0 Å². The minimum atomic E-state index is -0.101. The molecule has 0 saturated heterocycles. The first-order chi connectivity index (χ1) is 14.0. The molecule has 0 aliphatic carbocycles. The van der Waals surface area contributed by atoms with Gasteiger partial charge in [0.2, 0.25) is 0 Å². The fourth-order valence-electron chi connectivity index (χ4n) is 3.28. The number of hydrogen-bond acceptors (Lipinski definition) is 4. The number of benzene rings is 2. The van der Waals surface area contributed by atoms with E-state index in [1.165, 1.54) is 16.7 Å². The highest BCUT2D eigenvalue weighted by Gasteiger charge is 2.17. The highest BCUT2D eigenvalue weighted by molar-refractivity contribution is 7.12. The second kappa shape index (κ2) is 8.09. The van der Waals surface area contributed by atoms with Gasteiger partial charge in [0.25, 0.3) is 5.91 Å². The number of nitrogens with one attached hydrogen (secondary N) is 1. The van der Waals surface area contributed by atoms with Crippen molar-refractivity contribution < 1.29 is 9.53 Å². The number of aromatic nitrogens is 2. The summed E-state index contributed by atoms with van der Waals surface area (Å²) in [5, 5.41) is 11.6. The molecule has 1 amide bonds. The maximum atomic E-state index is 12.6. The molecule has 6 heteroatoms. The van der Waals surface area contributed by atoms with Gasteiger partial charge in [-0.25, -0.2) is 0 Å². The van der Waals surface area contributed by atoms with Crippen molar-refractivity contribution in [2.75, 3.05) is 0 Å². The van der Waals surface area contributed by atoms with Gasteiger partial charge in [-0.05, 0) is 48.2 Å². The topological polar surface area (TPSA) is 56.1 Å². The van der Waals surface area contributed by atoms with Gasteiger partial charge in [-0.1, -0.05) is 30.3 Å². The molecule has 0 saturated carbocycles. The van der Waals surface area contributed by atoms with Crippen molar-refractivity contribution in [2.45, 2.75) is 26.5 Å². The van der Waals surface area contributed by atoms with Gasteiger partial charge < -0.3 is 10.1 Å². The highest BCUT2D eigenvalue weighted by atomic mass is 32.1. The molecule has 2 aromatic carbocycles. The number of nitrogens with zero attached hydrogens (tertiary/aromatic N) is 2. The molecule has 0 aliphatic heterocycles. The molecule has 0 spiro atoms. The van der Waals surface area contributed by atoms with Gasteiger partial charge in [-0.15, -0.1) is 11.3 Å². The number of aryl methyl sites for hydroxylation is 1. The summed E-state index contributed by atoms with van der Waals surface area (Å²) in [5.74, 6) is 0.740. The van der Waals surface area contributed by atoms with Crippen LogP contribution in [0.4, 0.5) is 0 Å². The minimum Gasteiger partial charge on any atom is -0.489 e. The third-order valence-corrected chi connectivity index (χ3v) is 6.07. The van der Waals surface area contributed by atoms with Crippen LogP contribution in [-0.4, -0.2) is 15.7 Å². The van der Waals surface area contributed by atoms with Crippen LogP contribution in [0, 0.1) is 6.92 Å². The summed E-state index contributed by atoms with van der Waals surface area (Å²) < 4.78 is 7.74. The third-order valence-electron chi connectivity index (χ3n) is 5.09. The van der Waals surface area contributed by atoms with Gasteiger partial charge in [0.05, 0.1) is 17.1 Å². The predicted molar refractivity (Wildman–Crippen MR) is 116 cm³/mol.